The van der Waals surface area contributed by atoms with E-state index in [1.54, 1.807) is 14.2 Å². The van der Waals surface area contributed by atoms with E-state index in [4.69, 9.17) is 21.1 Å². The van der Waals surface area contributed by atoms with Crippen LogP contribution >= 0.6 is 23.4 Å². The van der Waals surface area contributed by atoms with E-state index in [0.717, 1.165) is 16.9 Å². The number of rotatable bonds is 8. The van der Waals surface area contributed by atoms with Crippen LogP contribution in [0, 0.1) is 0 Å². The lowest BCUT2D eigenvalue weighted by Crippen LogP contribution is -2.29. The fourth-order valence-corrected chi connectivity index (χ4v) is 3.24. The van der Waals surface area contributed by atoms with E-state index in [9.17, 15) is 4.79 Å². The quantitative estimate of drug-likeness (QED) is 0.674. The van der Waals surface area contributed by atoms with E-state index in [1.165, 1.54) is 11.8 Å². The van der Waals surface area contributed by atoms with Crippen molar-refractivity contribution in [2.45, 2.75) is 24.3 Å². The Labute approximate surface area is 157 Å². The van der Waals surface area contributed by atoms with Crippen molar-refractivity contribution in [1.29, 1.82) is 0 Å². The summed E-state index contributed by atoms with van der Waals surface area (Å²) in [6.07, 6.45) is 0.785. The van der Waals surface area contributed by atoms with Crippen molar-refractivity contribution >= 4 is 29.3 Å². The second kappa shape index (κ2) is 9.59. The summed E-state index contributed by atoms with van der Waals surface area (Å²) < 4.78 is 10.6. The van der Waals surface area contributed by atoms with Gasteiger partial charge in [0.1, 0.15) is 0 Å². The Kier molecular flexibility index (Phi) is 7.47. The van der Waals surface area contributed by atoms with Crippen LogP contribution in [0.3, 0.4) is 0 Å². The van der Waals surface area contributed by atoms with Gasteiger partial charge in [-0.2, -0.15) is 0 Å². The van der Waals surface area contributed by atoms with Gasteiger partial charge in [-0.05, 0) is 48.4 Å². The minimum absolute atomic E-state index is 0.0124. The Hall–Kier alpha value is -1.85. The molecule has 0 radical (unpaired) electrons. The molecule has 0 fully saturated rings. The molecule has 0 aliphatic rings. The summed E-state index contributed by atoms with van der Waals surface area (Å²) in [5.74, 6) is 1.67. The number of carbonyl (C=O) groups excluding carboxylic acids is 1. The third-order valence-electron chi connectivity index (χ3n) is 3.74. The third kappa shape index (κ3) is 5.58. The first-order valence-electron chi connectivity index (χ1n) is 7.97. The molecule has 1 atom stereocenters. The molecule has 0 aliphatic heterocycles. The Bertz CT molecular complexity index is 706. The third-order valence-corrected chi connectivity index (χ3v) is 5.00. The van der Waals surface area contributed by atoms with Crippen LogP contribution in [0.25, 0.3) is 0 Å². The number of carbonyl (C=O) groups is 1. The average Bonchev–Trinajstić information content (AvgIpc) is 2.65. The van der Waals surface area contributed by atoms with Gasteiger partial charge < -0.3 is 14.8 Å². The molecule has 1 amide bonds. The Morgan fingerprint density at radius 3 is 2.40 bits per heavy atom. The summed E-state index contributed by atoms with van der Waals surface area (Å²) in [7, 11) is 3.20. The van der Waals surface area contributed by atoms with Crippen molar-refractivity contribution < 1.29 is 14.3 Å². The maximum Gasteiger partial charge on any atom is 0.230 e. The minimum atomic E-state index is -0.0712. The molecule has 1 N–H and O–H groups in total. The highest BCUT2D eigenvalue weighted by Crippen LogP contribution is 2.31. The van der Waals surface area contributed by atoms with Crippen molar-refractivity contribution in [3.63, 3.8) is 0 Å². The largest absolute Gasteiger partial charge is 0.493 e. The molecule has 0 saturated heterocycles. The lowest BCUT2D eigenvalue weighted by molar-refractivity contribution is -0.119. The predicted molar refractivity (Wildman–Crippen MR) is 103 cm³/mol. The first kappa shape index (κ1) is 19.5. The number of methoxy groups -OCH3 is 2. The van der Waals surface area contributed by atoms with Gasteiger partial charge in [-0.25, -0.2) is 0 Å². The topological polar surface area (TPSA) is 47.6 Å². The molecule has 2 rings (SSSR count). The smallest absolute Gasteiger partial charge is 0.230 e. The average molecular weight is 380 g/mol. The van der Waals surface area contributed by atoms with Crippen molar-refractivity contribution in [1.82, 2.24) is 5.32 Å². The van der Waals surface area contributed by atoms with Crippen molar-refractivity contribution in [2.75, 3.05) is 20.0 Å². The van der Waals surface area contributed by atoms with E-state index in [-0.39, 0.29) is 11.9 Å². The highest BCUT2D eigenvalue weighted by Gasteiger charge is 2.15. The lowest BCUT2D eigenvalue weighted by atomic mass is 10.0. The number of amides is 1. The first-order chi connectivity index (χ1) is 12.1. The molecular formula is C19H22ClNO3S. The molecule has 4 nitrogen and oxygen atoms in total. The molecule has 2 aromatic rings. The van der Waals surface area contributed by atoms with E-state index in [1.807, 2.05) is 49.4 Å². The zero-order chi connectivity index (χ0) is 18.2. The predicted octanol–water partition coefficient (Wildman–Crippen LogP) is 4.72. The fraction of sp³-hybridized carbons (Fsp3) is 0.316. The SMILES string of the molecule is CCC(NC(=O)CSc1ccc(Cl)cc1)c1ccc(OC)c(OC)c1. The molecule has 0 bridgehead atoms. The number of ether oxygens (including phenoxy) is 2. The Balaban J connectivity index is 1.98. The summed E-state index contributed by atoms with van der Waals surface area (Å²) in [5, 5.41) is 3.76. The molecule has 0 heterocycles. The fourth-order valence-electron chi connectivity index (χ4n) is 2.41. The standard InChI is InChI=1S/C19H22ClNO3S/c1-4-16(13-5-10-17(23-2)18(11-13)24-3)21-19(22)12-25-15-8-6-14(20)7-9-15/h5-11,16H,4,12H2,1-3H3,(H,21,22). The maximum atomic E-state index is 12.3. The van der Waals surface area contributed by atoms with Crippen LogP contribution in [0.2, 0.25) is 5.02 Å². The van der Waals surface area contributed by atoms with Gasteiger partial charge in [0.15, 0.2) is 11.5 Å². The highest BCUT2D eigenvalue weighted by molar-refractivity contribution is 8.00. The second-order valence-corrected chi connectivity index (χ2v) is 6.87. The van der Waals surface area contributed by atoms with Crippen LogP contribution in [0.5, 0.6) is 11.5 Å². The number of nitrogens with one attached hydrogen (secondary N) is 1. The van der Waals surface area contributed by atoms with Gasteiger partial charge in [-0.15, -0.1) is 11.8 Å². The molecule has 134 valence electrons. The number of halogens is 1. The molecule has 6 heteroatoms. The molecule has 25 heavy (non-hydrogen) atoms. The number of hydrogen-bond acceptors (Lipinski definition) is 4. The number of hydrogen-bond donors (Lipinski definition) is 1. The minimum Gasteiger partial charge on any atom is -0.493 e. The molecular weight excluding hydrogens is 358 g/mol. The van der Waals surface area contributed by atoms with E-state index in [2.05, 4.69) is 5.32 Å². The van der Waals surface area contributed by atoms with E-state index < -0.39 is 0 Å². The molecule has 2 aromatic carbocycles. The summed E-state index contributed by atoms with van der Waals surface area (Å²) in [5.41, 5.74) is 0.991. The van der Waals surface area contributed by atoms with Crippen LogP contribution in [-0.4, -0.2) is 25.9 Å². The number of thioether (sulfide) groups is 1. The molecule has 0 spiro atoms. The van der Waals surface area contributed by atoms with Gasteiger partial charge in [-0.1, -0.05) is 24.6 Å². The van der Waals surface area contributed by atoms with E-state index in [0.29, 0.717) is 22.3 Å². The van der Waals surface area contributed by atoms with Crippen molar-refractivity contribution in [3.05, 3.63) is 53.1 Å². The van der Waals surface area contributed by atoms with Gasteiger partial charge in [0.05, 0.1) is 26.0 Å². The zero-order valence-electron chi connectivity index (χ0n) is 14.5. The van der Waals surface area contributed by atoms with Gasteiger partial charge >= 0.3 is 0 Å². The second-order valence-electron chi connectivity index (χ2n) is 5.39. The molecule has 0 saturated carbocycles. The lowest BCUT2D eigenvalue weighted by Gasteiger charge is -2.19. The van der Waals surface area contributed by atoms with E-state index >= 15 is 0 Å². The highest BCUT2D eigenvalue weighted by atomic mass is 35.5. The molecule has 0 aliphatic carbocycles. The van der Waals surface area contributed by atoms with Gasteiger partial charge in [0, 0.05) is 9.92 Å². The van der Waals surface area contributed by atoms with Gasteiger partial charge in [0.2, 0.25) is 5.91 Å². The van der Waals surface area contributed by atoms with Gasteiger partial charge in [0.25, 0.3) is 0 Å². The monoisotopic (exact) mass is 379 g/mol. The normalized spacial score (nSPS) is 11.7. The van der Waals surface area contributed by atoms with Crippen LogP contribution < -0.4 is 14.8 Å². The maximum absolute atomic E-state index is 12.3. The number of benzene rings is 2. The first-order valence-corrected chi connectivity index (χ1v) is 9.33. The van der Waals surface area contributed by atoms with Crippen molar-refractivity contribution in [2.24, 2.45) is 0 Å². The van der Waals surface area contributed by atoms with Crippen LogP contribution in [0.1, 0.15) is 24.9 Å². The summed E-state index contributed by atoms with van der Waals surface area (Å²) in [6, 6.07) is 13.1. The summed E-state index contributed by atoms with van der Waals surface area (Å²) >= 11 is 7.35. The zero-order valence-corrected chi connectivity index (χ0v) is 16.1. The van der Waals surface area contributed by atoms with Crippen molar-refractivity contribution in [3.8, 4) is 11.5 Å². The molecule has 1 unspecified atom stereocenters. The summed E-state index contributed by atoms with van der Waals surface area (Å²) in [4.78, 5) is 13.3. The van der Waals surface area contributed by atoms with Crippen LogP contribution in [-0.2, 0) is 4.79 Å². The molecule has 0 aromatic heterocycles. The van der Waals surface area contributed by atoms with Crippen LogP contribution in [0.4, 0.5) is 0 Å². The van der Waals surface area contributed by atoms with Crippen LogP contribution in [0.15, 0.2) is 47.4 Å². The van der Waals surface area contributed by atoms with Gasteiger partial charge in [-0.3, -0.25) is 4.79 Å². The Morgan fingerprint density at radius 1 is 1.12 bits per heavy atom. The summed E-state index contributed by atoms with van der Waals surface area (Å²) in [6.45, 7) is 2.04. The Morgan fingerprint density at radius 2 is 1.80 bits per heavy atom.